The number of anilines is 1. The van der Waals surface area contributed by atoms with Crippen LogP contribution < -0.4 is 10.8 Å². The molecule has 0 fully saturated rings. The smallest absolute Gasteiger partial charge is 0.423 e. The summed E-state index contributed by atoms with van der Waals surface area (Å²) in [6.45, 7) is 4.29. The van der Waals surface area contributed by atoms with Crippen LogP contribution in [0.3, 0.4) is 0 Å². The molecular formula is C11H18BNO2. The van der Waals surface area contributed by atoms with Gasteiger partial charge in [-0.05, 0) is 24.0 Å². The Morgan fingerprint density at radius 1 is 1.40 bits per heavy atom. The third-order valence-corrected chi connectivity index (χ3v) is 2.81. The van der Waals surface area contributed by atoms with E-state index in [4.69, 9.17) is 10.0 Å². The highest BCUT2D eigenvalue weighted by Gasteiger charge is 2.16. The standard InChI is InChI=1S/C11H18BNO2/c1-4-8(2)9-5-6-10(12(14)15)11(7-9)13-3/h5-8,13-15H,4H2,1-3H3. The SMILES string of the molecule is CCC(C)c1ccc(B(O)O)c(NC)c1. The average Bonchev–Trinajstić information content (AvgIpc) is 2.26. The third-order valence-electron chi connectivity index (χ3n) is 2.81. The van der Waals surface area contributed by atoms with Crippen LogP contribution in [0.15, 0.2) is 18.2 Å². The van der Waals surface area contributed by atoms with E-state index in [0.29, 0.717) is 11.4 Å². The molecule has 3 nitrogen and oxygen atoms in total. The Morgan fingerprint density at radius 3 is 2.53 bits per heavy atom. The van der Waals surface area contributed by atoms with E-state index in [1.54, 1.807) is 13.1 Å². The fraction of sp³-hybridized carbons (Fsp3) is 0.455. The predicted molar refractivity (Wildman–Crippen MR) is 64.5 cm³/mol. The van der Waals surface area contributed by atoms with Crippen LogP contribution in [-0.2, 0) is 0 Å². The van der Waals surface area contributed by atoms with Crippen molar-refractivity contribution >= 4 is 18.3 Å². The van der Waals surface area contributed by atoms with Crippen molar-refractivity contribution in [1.82, 2.24) is 0 Å². The molecule has 0 amide bonds. The van der Waals surface area contributed by atoms with Crippen LogP contribution in [0, 0.1) is 0 Å². The summed E-state index contributed by atoms with van der Waals surface area (Å²) in [7, 11) is 0.361. The fourth-order valence-corrected chi connectivity index (χ4v) is 1.56. The minimum Gasteiger partial charge on any atom is -0.423 e. The van der Waals surface area contributed by atoms with Gasteiger partial charge in [-0.1, -0.05) is 26.0 Å². The first-order chi connectivity index (χ1) is 7.10. The van der Waals surface area contributed by atoms with E-state index >= 15 is 0 Å². The van der Waals surface area contributed by atoms with E-state index in [0.717, 1.165) is 12.1 Å². The lowest BCUT2D eigenvalue weighted by Crippen LogP contribution is -2.32. The summed E-state index contributed by atoms with van der Waals surface area (Å²) in [5, 5.41) is 21.3. The Morgan fingerprint density at radius 2 is 2.07 bits per heavy atom. The molecule has 0 radical (unpaired) electrons. The Kier molecular flexibility index (Phi) is 4.18. The summed E-state index contributed by atoms with van der Waals surface area (Å²) in [4.78, 5) is 0. The largest absolute Gasteiger partial charge is 0.490 e. The number of benzene rings is 1. The molecule has 3 N–H and O–H groups in total. The van der Waals surface area contributed by atoms with Gasteiger partial charge in [-0.25, -0.2) is 0 Å². The molecule has 4 heteroatoms. The summed E-state index contributed by atoms with van der Waals surface area (Å²) in [5.74, 6) is 0.488. The quantitative estimate of drug-likeness (QED) is 0.643. The second-order valence-corrected chi connectivity index (χ2v) is 3.78. The molecular weight excluding hydrogens is 189 g/mol. The van der Waals surface area contributed by atoms with Crippen LogP contribution in [0.25, 0.3) is 0 Å². The maximum Gasteiger partial charge on any atom is 0.490 e. The molecule has 82 valence electrons. The molecule has 0 heterocycles. The van der Waals surface area contributed by atoms with E-state index in [1.807, 2.05) is 12.1 Å². The normalized spacial score (nSPS) is 12.3. The van der Waals surface area contributed by atoms with Crippen LogP contribution in [0.5, 0.6) is 0 Å². The van der Waals surface area contributed by atoms with Gasteiger partial charge in [-0.15, -0.1) is 0 Å². The molecule has 0 aliphatic rings. The maximum atomic E-state index is 9.14. The molecule has 1 rings (SSSR count). The topological polar surface area (TPSA) is 52.5 Å². The van der Waals surface area contributed by atoms with E-state index in [9.17, 15) is 0 Å². The van der Waals surface area contributed by atoms with Crippen LogP contribution in [0.4, 0.5) is 5.69 Å². The maximum absolute atomic E-state index is 9.14. The van der Waals surface area contributed by atoms with Gasteiger partial charge in [0.25, 0.3) is 0 Å². The van der Waals surface area contributed by atoms with Gasteiger partial charge < -0.3 is 15.4 Å². The first kappa shape index (κ1) is 12.1. The van der Waals surface area contributed by atoms with Crippen LogP contribution in [0.1, 0.15) is 31.7 Å². The molecule has 0 saturated carbocycles. The molecule has 0 bridgehead atoms. The first-order valence-electron chi connectivity index (χ1n) is 5.27. The highest BCUT2D eigenvalue weighted by molar-refractivity contribution is 6.60. The minimum atomic E-state index is -1.42. The van der Waals surface area contributed by atoms with Crippen molar-refractivity contribution in [2.45, 2.75) is 26.2 Å². The number of hydrogen-bond donors (Lipinski definition) is 3. The minimum absolute atomic E-state index is 0.488. The van der Waals surface area contributed by atoms with E-state index in [2.05, 4.69) is 19.2 Å². The highest BCUT2D eigenvalue weighted by Crippen LogP contribution is 2.20. The van der Waals surface area contributed by atoms with Crippen molar-refractivity contribution < 1.29 is 10.0 Å². The van der Waals surface area contributed by atoms with Crippen LogP contribution in [0.2, 0.25) is 0 Å². The summed E-state index contributed by atoms with van der Waals surface area (Å²) < 4.78 is 0. The second kappa shape index (κ2) is 5.19. The van der Waals surface area contributed by atoms with Gasteiger partial charge in [-0.3, -0.25) is 0 Å². The van der Waals surface area contributed by atoms with Crippen molar-refractivity contribution in [3.05, 3.63) is 23.8 Å². The second-order valence-electron chi connectivity index (χ2n) is 3.78. The van der Waals surface area contributed by atoms with E-state index in [1.165, 1.54) is 5.56 Å². The summed E-state index contributed by atoms with van der Waals surface area (Å²) in [6, 6.07) is 5.69. The Hall–Kier alpha value is -0.995. The van der Waals surface area contributed by atoms with Gasteiger partial charge in [0.2, 0.25) is 0 Å². The predicted octanol–water partition coefficient (Wildman–Crippen LogP) is 0.922. The Labute approximate surface area is 91.3 Å². The fourth-order valence-electron chi connectivity index (χ4n) is 1.56. The molecule has 0 aliphatic carbocycles. The van der Waals surface area contributed by atoms with Gasteiger partial charge in [0.15, 0.2) is 0 Å². The van der Waals surface area contributed by atoms with Gasteiger partial charge in [-0.2, -0.15) is 0 Å². The molecule has 1 aromatic carbocycles. The molecule has 0 saturated heterocycles. The van der Waals surface area contributed by atoms with E-state index < -0.39 is 7.12 Å². The zero-order chi connectivity index (χ0) is 11.4. The molecule has 1 aromatic rings. The zero-order valence-electron chi connectivity index (χ0n) is 9.49. The molecule has 15 heavy (non-hydrogen) atoms. The van der Waals surface area contributed by atoms with Crippen molar-refractivity contribution in [3.8, 4) is 0 Å². The Balaban J connectivity index is 3.07. The van der Waals surface area contributed by atoms with Crippen molar-refractivity contribution in [2.75, 3.05) is 12.4 Å². The number of nitrogens with one attached hydrogen (secondary N) is 1. The lowest BCUT2D eigenvalue weighted by molar-refractivity contribution is 0.426. The molecule has 0 aliphatic heterocycles. The van der Waals surface area contributed by atoms with Crippen LogP contribution >= 0.6 is 0 Å². The summed E-state index contributed by atoms with van der Waals surface area (Å²) in [6.07, 6.45) is 1.07. The third kappa shape index (κ3) is 2.73. The summed E-state index contributed by atoms with van der Waals surface area (Å²) >= 11 is 0. The first-order valence-corrected chi connectivity index (χ1v) is 5.27. The molecule has 0 spiro atoms. The lowest BCUT2D eigenvalue weighted by Gasteiger charge is -2.14. The highest BCUT2D eigenvalue weighted by atomic mass is 16.4. The molecule has 0 aromatic heterocycles. The van der Waals surface area contributed by atoms with Crippen molar-refractivity contribution in [3.63, 3.8) is 0 Å². The van der Waals surface area contributed by atoms with Gasteiger partial charge in [0.05, 0.1) is 0 Å². The summed E-state index contributed by atoms with van der Waals surface area (Å²) in [5.41, 5.74) is 2.51. The molecule has 1 unspecified atom stereocenters. The Bertz CT molecular complexity index is 328. The van der Waals surface area contributed by atoms with Crippen molar-refractivity contribution in [2.24, 2.45) is 0 Å². The lowest BCUT2D eigenvalue weighted by atomic mass is 9.77. The monoisotopic (exact) mass is 207 g/mol. The zero-order valence-corrected chi connectivity index (χ0v) is 9.49. The average molecular weight is 207 g/mol. The van der Waals surface area contributed by atoms with Gasteiger partial charge >= 0.3 is 7.12 Å². The molecule has 1 atom stereocenters. The van der Waals surface area contributed by atoms with Gasteiger partial charge in [0.1, 0.15) is 0 Å². The van der Waals surface area contributed by atoms with Crippen LogP contribution in [-0.4, -0.2) is 24.2 Å². The number of hydrogen-bond acceptors (Lipinski definition) is 3. The van der Waals surface area contributed by atoms with E-state index in [-0.39, 0.29) is 0 Å². The number of rotatable bonds is 4. The van der Waals surface area contributed by atoms with Crippen molar-refractivity contribution in [1.29, 1.82) is 0 Å². The van der Waals surface area contributed by atoms with Gasteiger partial charge in [0, 0.05) is 18.2 Å².